The van der Waals surface area contributed by atoms with Gasteiger partial charge in [0.1, 0.15) is 33.7 Å². The number of halogens is 1. The van der Waals surface area contributed by atoms with Crippen molar-refractivity contribution in [2.24, 2.45) is 0 Å². The molecule has 142 valence electrons. The van der Waals surface area contributed by atoms with E-state index in [2.05, 4.69) is 20.2 Å². The maximum atomic E-state index is 13.5. The number of nitrogens with zero attached hydrogens (tertiary/aromatic N) is 5. The predicted molar refractivity (Wildman–Crippen MR) is 108 cm³/mol. The lowest BCUT2D eigenvalue weighted by atomic mass is 10.1. The number of rotatable bonds is 5. The van der Waals surface area contributed by atoms with Crippen LogP contribution in [0.25, 0.3) is 10.9 Å². The lowest BCUT2D eigenvalue weighted by Crippen LogP contribution is -2.23. The molecular formula is C20H18FN5OS. The van der Waals surface area contributed by atoms with Crippen LogP contribution in [0.5, 0.6) is 5.75 Å². The van der Waals surface area contributed by atoms with Crippen molar-refractivity contribution in [1.82, 2.24) is 20.2 Å². The van der Waals surface area contributed by atoms with Gasteiger partial charge in [-0.1, -0.05) is 11.3 Å². The van der Waals surface area contributed by atoms with Crippen LogP contribution in [0.1, 0.15) is 23.0 Å². The van der Waals surface area contributed by atoms with Crippen LogP contribution >= 0.6 is 11.3 Å². The van der Waals surface area contributed by atoms with Crippen molar-refractivity contribution in [3.8, 4) is 5.75 Å². The molecule has 4 aromatic rings. The van der Waals surface area contributed by atoms with Crippen molar-refractivity contribution in [3.05, 3.63) is 64.6 Å². The molecule has 0 saturated carbocycles. The smallest absolute Gasteiger partial charge is 0.144 e. The zero-order valence-electron chi connectivity index (χ0n) is 15.6. The molecule has 0 aliphatic carbocycles. The average molecular weight is 395 g/mol. The molecule has 0 saturated heterocycles. The van der Waals surface area contributed by atoms with Gasteiger partial charge in [0.15, 0.2) is 0 Å². The Morgan fingerprint density at radius 3 is 2.54 bits per heavy atom. The molecule has 28 heavy (non-hydrogen) atoms. The molecule has 0 aliphatic heterocycles. The molecule has 4 rings (SSSR count). The second-order valence-electron chi connectivity index (χ2n) is 6.26. The zero-order chi connectivity index (χ0) is 19.7. The summed E-state index contributed by atoms with van der Waals surface area (Å²) < 4.78 is 18.8. The van der Waals surface area contributed by atoms with Gasteiger partial charge in [0.25, 0.3) is 0 Å². The summed E-state index contributed by atoms with van der Waals surface area (Å²) in [5.74, 6) is 1.14. The quantitative estimate of drug-likeness (QED) is 0.482. The Morgan fingerprint density at radius 1 is 1.07 bits per heavy atom. The van der Waals surface area contributed by atoms with Gasteiger partial charge in [0.2, 0.25) is 0 Å². The third-order valence-electron chi connectivity index (χ3n) is 4.44. The first-order valence-electron chi connectivity index (χ1n) is 8.70. The molecule has 1 unspecified atom stereocenters. The van der Waals surface area contributed by atoms with E-state index in [1.54, 1.807) is 19.2 Å². The van der Waals surface area contributed by atoms with E-state index >= 15 is 0 Å². The van der Waals surface area contributed by atoms with Crippen molar-refractivity contribution in [3.63, 3.8) is 0 Å². The van der Waals surface area contributed by atoms with Crippen molar-refractivity contribution in [2.45, 2.75) is 19.9 Å². The number of anilines is 2. The molecule has 0 N–H and O–H groups in total. The first-order chi connectivity index (χ1) is 13.6. The predicted octanol–water partition coefficient (Wildman–Crippen LogP) is 4.84. The summed E-state index contributed by atoms with van der Waals surface area (Å²) in [6, 6.07) is 11.9. The van der Waals surface area contributed by atoms with Gasteiger partial charge in [-0.05, 0) is 50.2 Å². The first kappa shape index (κ1) is 18.2. The van der Waals surface area contributed by atoms with E-state index in [-0.39, 0.29) is 11.9 Å². The number of ether oxygens (including phenoxy) is 1. The van der Waals surface area contributed by atoms with Gasteiger partial charge in [-0.25, -0.2) is 14.4 Å². The van der Waals surface area contributed by atoms with Crippen LogP contribution in [0.15, 0.2) is 48.8 Å². The molecule has 0 aliphatic rings. The molecule has 8 heteroatoms. The Labute approximate surface area is 165 Å². The highest BCUT2D eigenvalue weighted by molar-refractivity contribution is 7.11. The maximum Gasteiger partial charge on any atom is 0.144 e. The van der Waals surface area contributed by atoms with Gasteiger partial charge in [0, 0.05) is 17.1 Å². The second-order valence-corrected chi connectivity index (χ2v) is 7.48. The Kier molecular flexibility index (Phi) is 4.87. The van der Waals surface area contributed by atoms with E-state index in [9.17, 15) is 4.39 Å². The Morgan fingerprint density at radius 2 is 1.86 bits per heavy atom. The normalized spacial score (nSPS) is 12.1. The number of aryl methyl sites for hydroxylation is 1. The molecule has 2 aromatic heterocycles. The van der Waals surface area contributed by atoms with Crippen LogP contribution < -0.4 is 9.64 Å². The third kappa shape index (κ3) is 3.38. The topological polar surface area (TPSA) is 64.0 Å². The van der Waals surface area contributed by atoms with Crippen LogP contribution in [0.2, 0.25) is 0 Å². The van der Waals surface area contributed by atoms with Gasteiger partial charge in [-0.3, -0.25) is 0 Å². The van der Waals surface area contributed by atoms with Gasteiger partial charge < -0.3 is 9.64 Å². The van der Waals surface area contributed by atoms with E-state index in [1.807, 2.05) is 36.9 Å². The van der Waals surface area contributed by atoms with Crippen molar-refractivity contribution in [2.75, 3.05) is 12.0 Å². The summed E-state index contributed by atoms with van der Waals surface area (Å²) in [6.07, 6.45) is 1.52. The summed E-state index contributed by atoms with van der Waals surface area (Å²) in [4.78, 5) is 10.9. The number of methoxy groups -OCH3 is 1. The molecule has 0 fully saturated rings. The number of benzene rings is 2. The maximum absolute atomic E-state index is 13.5. The lowest BCUT2D eigenvalue weighted by Gasteiger charge is -2.29. The van der Waals surface area contributed by atoms with Crippen molar-refractivity contribution >= 4 is 33.7 Å². The molecule has 6 nitrogen and oxygen atoms in total. The summed E-state index contributed by atoms with van der Waals surface area (Å²) in [7, 11) is 1.62. The van der Waals surface area contributed by atoms with Crippen LogP contribution in [-0.4, -0.2) is 27.3 Å². The second kappa shape index (κ2) is 7.47. The highest BCUT2D eigenvalue weighted by Gasteiger charge is 2.24. The zero-order valence-corrected chi connectivity index (χ0v) is 16.4. The van der Waals surface area contributed by atoms with E-state index in [1.165, 1.54) is 29.8 Å². The molecule has 0 amide bonds. The molecule has 0 spiro atoms. The van der Waals surface area contributed by atoms with Gasteiger partial charge in [-0.15, -0.1) is 10.2 Å². The Balaban J connectivity index is 1.90. The van der Waals surface area contributed by atoms with Crippen LogP contribution in [0, 0.1) is 12.7 Å². The molecule has 2 aromatic carbocycles. The summed E-state index contributed by atoms with van der Waals surface area (Å²) in [5, 5.41) is 11.0. The fourth-order valence-electron chi connectivity index (χ4n) is 3.06. The minimum absolute atomic E-state index is 0.156. The average Bonchev–Trinajstić information content (AvgIpc) is 3.15. The minimum atomic E-state index is -0.291. The Bertz CT molecular complexity index is 1120. The van der Waals surface area contributed by atoms with E-state index in [0.717, 1.165) is 32.4 Å². The number of aromatic nitrogens is 4. The SMILES string of the molecule is COc1ccc2c(N(c3ccc(F)cc3)C(C)c3nnc(C)s3)ncnc2c1. The van der Waals surface area contributed by atoms with Crippen LogP contribution in [-0.2, 0) is 0 Å². The van der Waals surface area contributed by atoms with Gasteiger partial charge in [-0.2, -0.15) is 0 Å². The van der Waals surface area contributed by atoms with Gasteiger partial charge >= 0.3 is 0 Å². The van der Waals surface area contributed by atoms with Gasteiger partial charge in [0.05, 0.1) is 18.7 Å². The minimum Gasteiger partial charge on any atom is -0.497 e. The molecule has 0 bridgehead atoms. The summed E-state index contributed by atoms with van der Waals surface area (Å²) in [5.41, 5.74) is 1.56. The standard InChI is InChI=1S/C20H18FN5OS/c1-12(20-25-24-13(2)28-20)26(15-6-4-14(21)5-7-15)19-17-9-8-16(27-3)10-18(17)22-11-23-19/h4-12H,1-3H3. The fourth-order valence-corrected chi connectivity index (χ4v) is 3.81. The van der Waals surface area contributed by atoms with Crippen molar-refractivity contribution < 1.29 is 9.13 Å². The molecule has 1 atom stereocenters. The molecule has 2 heterocycles. The monoisotopic (exact) mass is 395 g/mol. The Hall–Kier alpha value is -3.13. The summed E-state index contributed by atoms with van der Waals surface area (Å²) >= 11 is 1.53. The molecule has 0 radical (unpaired) electrons. The number of hydrogen-bond donors (Lipinski definition) is 0. The highest BCUT2D eigenvalue weighted by Crippen LogP contribution is 2.38. The fraction of sp³-hybridized carbons (Fsp3) is 0.200. The third-order valence-corrected chi connectivity index (χ3v) is 5.45. The number of fused-ring (bicyclic) bond motifs is 1. The van der Waals surface area contributed by atoms with Crippen LogP contribution in [0.4, 0.5) is 15.9 Å². The summed E-state index contributed by atoms with van der Waals surface area (Å²) in [6.45, 7) is 3.95. The first-order valence-corrected chi connectivity index (χ1v) is 9.52. The van der Waals surface area contributed by atoms with E-state index in [0.29, 0.717) is 5.82 Å². The number of hydrogen-bond acceptors (Lipinski definition) is 7. The molecular weight excluding hydrogens is 377 g/mol. The largest absolute Gasteiger partial charge is 0.497 e. The van der Waals surface area contributed by atoms with E-state index in [4.69, 9.17) is 4.74 Å². The highest BCUT2D eigenvalue weighted by atomic mass is 32.1. The lowest BCUT2D eigenvalue weighted by molar-refractivity contribution is 0.415. The van der Waals surface area contributed by atoms with E-state index < -0.39 is 0 Å². The van der Waals surface area contributed by atoms with Crippen LogP contribution in [0.3, 0.4) is 0 Å². The van der Waals surface area contributed by atoms with Crippen molar-refractivity contribution in [1.29, 1.82) is 0 Å².